The summed E-state index contributed by atoms with van der Waals surface area (Å²) in [5.41, 5.74) is 2.17. The van der Waals surface area contributed by atoms with E-state index in [1.165, 1.54) is 11.1 Å². The molecule has 31 heavy (non-hydrogen) atoms. The summed E-state index contributed by atoms with van der Waals surface area (Å²) in [6.45, 7) is 8.01. The quantitative estimate of drug-likeness (QED) is 0.327. The van der Waals surface area contributed by atoms with Crippen molar-refractivity contribution in [1.82, 2.24) is 10.6 Å². The summed E-state index contributed by atoms with van der Waals surface area (Å²) in [4.78, 5) is 0. The van der Waals surface area contributed by atoms with E-state index in [0.717, 1.165) is 13.1 Å². The third-order valence-electron chi connectivity index (χ3n) is 4.71. The molecule has 0 spiro atoms. The van der Waals surface area contributed by atoms with Crippen LogP contribution in [0, 0.1) is 5.41 Å². The van der Waals surface area contributed by atoms with E-state index in [1.54, 1.807) is 0 Å². The van der Waals surface area contributed by atoms with Crippen LogP contribution in [0.3, 0.4) is 0 Å². The van der Waals surface area contributed by atoms with Crippen molar-refractivity contribution in [3.63, 3.8) is 0 Å². The molecule has 6 heteroatoms. The van der Waals surface area contributed by atoms with E-state index in [-0.39, 0.29) is 18.6 Å². The molecule has 2 rings (SSSR count). The molecule has 0 aliphatic heterocycles. The molecule has 2 unspecified atom stereocenters. The second-order valence-electron chi connectivity index (χ2n) is 8.74. The van der Waals surface area contributed by atoms with Gasteiger partial charge in [-0.2, -0.15) is 0 Å². The van der Waals surface area contributed by atoms with E-state index in [2.05, 4.69) is 34.9 Å². The zero-order valence-electron chi connectivity index (χ0n) is 18.8. The number of hydrogen-bond donors (Lipinski definition) is 4. The molecule has 0 saturated carbocycles. The third-order valence-corrected chi connectivity index (χ3v) is 4.71. The van der Waals surface area contributed by atoms with Gasteiger partial charge in [0.15, 0.2) is 0 Å². The van der Waals surface area contributed by atoms with Gasteiger partial charge in [0.05, 0.1) is 38.6 Å². The van der Waals surface area contributed by atoms with Gasteiger partial charge in [0, 0.05) is 31.6 Å². The molecule has 2 aromatic rings. The van der Waals surface area contributed by atoms with Crippen molar-refractivity contribution in [2.45, 2.75) is 39.1 Å². The maximum atomic E-state index is 10.1. The van der Waals surface area contributed by atoms with Gasteiger partial charge >= 0.3 is 0 Å². The SMILES string of the molecule is CC(C)(COCC(O)CNCc1ccccc1)COCC(O)CNCc1ccccc1. The molecule has 2 aromatic carbocycles. The van der Waals surface area contributed by atoms with Crippen LogP contribution in [-0.4, -0.2) is 61.9 Å². The minimum atomic E-state index is -0.557. The predicted molar refractivity (Wildman–Crippen MR) is 124 cm³/mol. The predicted octanol–water partition coefficient (Wildman–Crippen LogP) is 2.35. The van der Waals surface area contributed by atoms with Gasteiger partial charge in [-0.1, -0.05) is 74.5 Å². The Labute approximate surface area is 186 Å². The lowest BCUT2D eigenvalue weighted by atomic mass is 9.96. The van der Waals surface area contributed by atoms with Crippen LogP contribution in [0.4, 0.5) is 0 Å². The van der Waals surface area contributed by atoms with Crippen LogP contribution in [0.5, 0.6) is 0 Å². The highest BCUT2D eigenvalue weighted by Gasteiger charge is 2.20. The van der Waals surface area contributed by atoms with E-state index in [4.69, 9.17) is 9.47 Å². The minimum Gasteiger partial charge on any atom is -0.389 e. The summed E-state index contributed by atoms with van der Waals surface area (Å²) >= 11 is 0. The Bertz CT molecular complexity index is 638. The van der Waals surface area contributed by atoms with Crippen LogP contribution in [0.2, 0.25) is 0 Å². The molecule has 0 radical (unpaired) electrons. The van der Waals surface area contributed by atoms with Gasteiger partial charge in [-0.15, -0.1) is 0 Å². The molecule has 0 fully saturated rings. The molecular formula is C25H38N2O4. The molecule has 4 N–H and O–H groups in total. The van der Waals surface area contributed by atoms with Crippen molar-refractivity contribution in [2.24, 2.45) is 5.41 Å². The topological polar surface area (TPSA) is 83.0 Å². The van der Waals surface area contributed by atoms with E-state index in [0.29, 0.717) is 26.3 Å². The molecule has 0 bridgehead atoms. The Morgan fingerprint density at radius 3 is 1.48 bits per heavy atom. The first-order valence-electron chi connectivity index (χ1n) is 11.0. The summed E-state index contributed by atoms with van der Waals surface area (Å²) < 4.78 is 11.4. The standard InChI is InChI=1S/C25H38N2O4/c1-25(2,19-30-17-23(28)15-26-13-21-9-5-3-6-10-21)20-31-18-24(29)16-27-14-22-11-7-4-8-12-22/h3-12,23-24,26-29H,13-20H2,1-2H3. The summed E-state index contributed by atoms with van der Waals surface area (Å²) in [7, 11) is 0. The van der Waals surface area contributed by atoms with Crippen molar-refractivity contribution in [3.8, 4) is 0 Å². The third kappa shape index (κ3) is 12.0. The zero-order chi connectivity index (χ0) is 22.4. The number of aliphatic hydroxyl groups excluding tert-OH is 2. The molecule has 0 amide bonds. The fraction of sp³-hybridized carbons (Fsp3) is 0.520. The van der Waals surface area contributed by atoms with Crippen molar-refractivity contribution in [2.75, 3.05) is 39.5 Å². The zero-order valence-corrected chi connectivity index (χ0v) is 18.8. The molecular weight excluding hydrogens is 392 g/mol. The van der Waals surface area contributed by atoms with Gasteiger partial charge in [0.1, 0.15) is 0 Å². The summed E-state index contributed by atoms with van der Waals surface area (Å²) in [5, 5.41) is 26.6. The molecule has 0 heterocycles. The largest absolute Gasteiger partial charge is 0.389 e. The Morgan fingerprint density at radius 1 is 0.710 bits per heavy atom. The van der Waals surface area contributed by atoms with E-state index < -0.39 is 12.2 Å². The Morgan fingerprint density at radius 2 is 1.10 bits per heavy atom. The smallest absolute Gasteiger partial charge is 0.0897 e. The molecule has 6 nitrogen and oxygen atoms in total. The summed E-state index contributed by atoms with van der Waals surface area (Å²) in [6, 6.07) is 20.2. The molecule has 0 aliphatic rings. The Kier molecular flexibility index (Phi) is 11.7. The Balaban J connectivity index is 1.49. The van der Waals surface area contributed by atoms with Crippen molar-refractivity contribution in [3.05, 3.63) is 71.8 Å². The van der Waals surface area contributed by atoms with E-state index >= 15 is 0 Å². The van der Waals surface area contributed by atoms with Gasteiger partial charge in [-0.3, -0.25) is 0 Å². The second-order valence-corrected chi connectivity index (χ2v) is 8.74. The normalized spacial score (nSPS) is 13.8. The van der Waals surface area contributed by atoms with E-state index in [9.17, 15) is 10.2 Å². The van der Waals surface area contributed by atoms with E-state index in [1.807, 2.05) is 50.2 Å². The van der Waals surface area contributed by atoms with Gasteiger partial charge in [-0.25, -0.2) is 0 Å². The monoisotopic (exact) mass is 430 g/mol. The number of rotatable bonds is 16. The molecule has 0 aromatic heterocycles. The first kappa shape index (κ1) is 25.5. The average molecular weight is 431 g/mol. The van der Waals surface area contributed by atoms with Gasteiger partial charge in [0.2, 0.25) is 0 Å². The van der Waals surface area contributed by atoms with Gasteiger partial charge in [-0.05, 0) is 11.1 Å². The van der Waals surface area contributed by atoms with Crippen molar-refractivity contribution >= 4 is 0 Å². The van der Waals surface area contributed by atoms with Crippen LogP contribution in [0.15, 0.2) is 60.7 Å². The molecule has 0 saturated heterocycles. The second kappa shape index (κ2) is 14.3. The highest BCUT2D eigenvalue weighted by atomic mass is 16.5. The highest BCUT2D eigenvalue weighted by molar-refractivity contribution is 5.14. The molecule has 2 atom stereocenters. The number of hydrogen-bond acceptors (Lipinski definition) is 6. The van der Waals surface area contributed by atoms with Crippen molar-refractivity contribution < 1.29 is 19.7 Å². The fourth-order valence-corrected chi connectivity index (χ4v) is 3.06. The first-order valence-corrected chi connectivity index (χ1v) is 11.0. The summed E-state index contributed by atoms with van der Waals surface area (Å²) in [6.07, 6.45) is -1.11. The van der Waals surface area contributed by atoms with Gasteiger partial charge in [0.25, 0.3) is 0 Å². The maximum absolute atomic E-state index is 10.1. The van der Waals surface area contributed by atoms with Gasteiger partial charge < -0.3 is 30.3 Å². The lowest BCUT2D eigenvalue weighted by molar-refractivity contribution is -0.0448. The fourth-order valence-electron chi connectivity index (χ4n) is 3.06. The first-order chi connectivity index (χ1) is 14.9. The lowest BCUT2D eigenvalue weighted by Crippen LogP contribution is -2.34. The molecule has 0 aliphatic carbocycles. The number of ether oxygens (including phenoxy) is 2. The minimum absolute atomic E-state index is 0.200. The highest BCUT2D eigenvalue weighted by Crippen LogP contribution is 2.16. The number of nitrogens with one attached hydrogen (secondary N) is 2. The average Bonchev–Trinajstić information content (AvgIpc) is 2.75. The van der Waals surface area contributed by atoms with Crippen LogP contribution < -0.4 is 10.6 Å². The molecule has 172 valence electrons. The number of aliphatic hydroxyl groups is 2. The van der Waals surface area contributed by atoms with Crippen LogP contribution in [0.25, 0.3) is 0 Å². The van der Waals surface area contributed by atoms with Crippen LogP contribution >= 0.6 is 0 Å². The van der Waals surface area contributed by atoms with Crippen LogP contribution in [-0.2, 0) is 22.6 Å². The summed E-state index contributed by atoms with van der Waals surface area (Å²) in [5.74, 6) is 0. The lowest BCUT2D eigenvalue weighted by Gasteiger charge is -2.25. The number of benzene rings is 2. The maximum Gasteiger partial charge on any atom is 0.0897 e. The Hall–Kier alpha value is -1.80. The van der Waals surface area contributed by atoms with Crippen molar-refractivity contribution in [1.29, 1.82) is 0 Å². The van der Waals surface area contributed by atoms with Crippen LogP contribution in [0.1, 0.15) is 25.0 Å².